The summed E-state index contributed by atoms with van der Waals surface area (Å²) in [6.07, 6.45) is 0. The van der Waals surface area contributed by atoms with Crippen LogP contribution in [0.2, 0.25) is 0 Å². The predicted molar refractivity (Wildman–Crippen MR) is 72.0 cm³/mol. The van der Waals surface area contributed by atoms with Crippen molar-refractivity contribution in [3.63, 3.8) is 0 Å². The van der Waals surface area contributed by atoms with E-state index in [4.69, 9.17) is 0 Å². The van der Waals surface area contributed by atoms with Gasteiger partial charge in [-0.05, 0) is 29.7 Å². The third kappa shape index (κ3) is 4.01. The van der Waals surface area contributed by atoms with Gasteiger partial charge in [-0.1, -0.05) is 20.8 Å². The summed E-state index contributed by atoms with van der Waals surface area (Å²) in [5, 5.41) is 0. The van der Waals surface area contributed by atoms with Gasteiger partial charge in [0.05, 0.1) is 12.0 Å². The van der Waals surface area contributed by atoms with Gasteiger partial charge in [-0.2, -0.15) is 4.72 Å². The average Bonchev–Trinajstić information content (AvgIpc) is 2.34. The maximum atomic E-state index is 12.8. The normalized spacial score (nSPS) is 13.8. The maximum Gasteiger partial charge on any atom is 0.324 e. The second kappa shape index (κ2) is 5.88. The molecule has 1 atom stereocenters. The van der Waals surface area contributed by atoms with Gasteiger partial charge < -0.3 is 4.74 Å². The minimum Gasteiger partial charge on any atom is -0.468 e. The number of carbonyl (C=O) groups is 1. The van der Waals surface area contributed by atoms with Gasteiger partial charge in [-0.25, -0.2) is 12.8 Å². The van der Waals surface area contributed by atoms with E-state index in [-0.39, 0.29) is 4.90 Å². The lowest BCUT2D eigenvalue weighted by atomic mass is 9.87. The van der Waals surface area contributed by atoms with E-state index in [0.29, 0.717) is 0 Å². The van der Waals surface area contributed by atoms with Crippen LogP contribution in [0.25, 0.3) is 0 Å². The highest BCUT2D eigenvalue weighted by molar-refractivity contribution is 7.89. The molecule has 0 heterocycles. The van der Waals surface area contributed by atoms with Crippen LogP contribution in [-0.4, -0.2) is 27.5 Å². The number of carbonyl (C=O) groups excluding carboxylic acids is 1. The smallest absolute Gasteiger partial charge is 0.324 e. The summed E-state index contributed by atoms with van der Waals surface area (Å²) < 4.78 is 44.1. The molecule has 0 bridgehead atoms. The van der Waals surface area contributed by atoms with E-state index >= 15 is 0 Å². The Morgan fingerprint density at radius 3 is 2.15 bits per heavy atom. The predicted octanol–water partition coefficient (Wildman–Crippen LogP) is 1.69. The molecule has 0 radical (unpaired) electrons. The summed E-state index contributed by atoms with van der Waals surface area (Å²) in [6.45, 7) is 5.13. The van der Waals surface area contributed by atoms with E-state index in [1.54, 1.807) is 20.8 Å². The van der Waals surface area contributed by atoms with Crippen molar-refractivity contribution in [1.29, 1.82) is 0 Å². The molecule has 0 aliphatic rings. The van der Waals surface area contributed by atoms with Crippen LogP contribution in [0, 0.1) is 11.2 Å². The molecule has 20 heavy (non-hydrogen) atoms. The van der Waals surface area contributed by atoms with Crippen LogP contribution in [0.15, 0.2) is 29.2 Å². The fourth-order valence-electron chi connectivity index (χ4n) is 1.53. The minimum atomic E-state index is -3.93. The highest BCUT2D eigenvalue weighted by atomic mass is 32.2. The second-order valence-corrected chi connectivity index (χ2v) is 7.11. The Labute approximate surface area is 118 Å². The van der Waals surface area contributed by atoms with Gasteiger partial charge in [0, 0.05) is 0 Å². The standard InChI is InChI=1S/C13H18FNO4S/c1-13(2,3)11(12(16)19-4)15-20(17,18)10-7-5-9(14)6-8-10/h5-8,11,15H,1-4H3. The molecule has 0 amide bonds. The van der Waals surface area contributed by atoms with E-state index in [1.807, 2.05) is 0 Å². The summed E-state index contributed by atoms with van der Waals surface area (Å²) in [4.78, 5) is 11.6. The van der Waals surface area contributed by atoms with Crippen molar-refractivity contribution in [2.45, 2.75) is 31.7 Å². The van der Waals surface area contributed by atoms with Crippen molar-refractivity contribution in [3.8, 4) is 0 Å². The number of ether oxygens (including phenoxy) is 1. The molecule has 1 aromatic rings. The fourth-order valence-corrected chi connectivity index (χ4v) is 2.92. The molecule has 0 aliphatic heterocycles. The number of hydrogen-bond acceptors (Lipinski definition) is 4. The Morgan fingerprint density at radius 2 is 1.75 bits per heavy atom. The molecule has 1 aromatic carbocycles. The molecule has 0 fully saturated rings. The van der Waals surface area contributed by atoms with Gasteiger partial charge in [0.15, 0.2) is 0 Å². The summed E-state index contributed by atoms with van der Waals surface area (Å²) in [5.41, 5.74) is -0.666. The molecule has 112 valence electrons. The zero-order valence-electron chi connectivity index (χ0n) is 11.8. The number of halogens is 1. The summed E-state index contributed by atoms with van der Waals surface area (Å²) in [6, 6.07) is 3.31. The number of nitrogens with one attached hydrogen (secondary N) is 1. The molecular formula is C13H18FNO4S. The summed E-state index contributed by atoms with van der Waals surface area (Å²) >= 11 is 0. The largest absolute Gasteiger partial charge is 0.468 e. The topological polar surface area (TPSA) is 72.5 Å². The molecule has 1 rings (SSSR count). The van der Waals surface area contributed by atoms with Crippen LogP contribution in [-0.2, 0) is 19.6 Å². The summed E-state index contributed by atoms with van der Waals surface area (Å²) in [5.74, 6) is -1.22. The van der Waals surface area contributed by atoms with Gasteiger partial charge in [0.2, 0.25) is 10.0 Å². The van der Waals surface area contributed by atoms with Crippen LogP contribution < -0.4 is 4.72 Å². The van der Waals surface area contributed by atoms with Crippen molar-refractivity contribution in [2.75, 3.05) is 7.11 Å². The van der Waals surface area contributed by atoms with Crippen molar-refractivity contribution in [2.24, 2.45) is 5.41 Å². The number of sulfonamides is 1. The van der Waals surface area contributed by atoms with E-state index in [9.17, 15) is 17.6 Å². The quantitative estimate of drug-likeness (QED) is 0.859. The molecule has 0 saturated carbocycles. The Morgan fingerprint density at radius 1 is 1.25 bits per heavy atom. The van der Waals surface area contributed by atoms with Crippen molar-refractivity contribution in [3.05, 3.63) is 30.1 Å². The highest BCUT2D eigenvalue weighted by Crippen LogP contribution is 2.22. The first-order valence-corrected chi connectivity index (χ1v) is 7.42. The first-order chi connectivity index (χ1) is 9.08. The SMILES string of the molecule is COC(=O)C(NS(=O)(=O)c1ccc(F)cc1)C(C)(C)C. The number of esters is 1. The Bertz CT molecular complexity index is 575. The Hall–Kier alpha value is -1.47. The van der Waals surface area contributed by atoms with Gasteiger partial charge in [-0.15, -0.1) is 0 Å². The van der Waals surface area contributed by atoms with Crippen LogP contribution in [0.3, 0.4) is 0 Å². The first kappa shape index (κ1) is 16.6. The van der Waals surface area contributed by atoms with Crippen LogP contribution >= 0.6 is 0 Å². The lowest BCUT2D eigenvalue weighted by Gasteiger charge is -2.28. The number of methoxy groups -OCH3 is 1. The molecule has 1 N–H and O–H groups in total. The zero-order chi connectivity index (χ0) is 15.6. The second-order valence-electron chi connectivity index (χ2n) is 5.40. The number of hydrogen-bond donors (Lipinski definition) is 1. The molecule has 0 aliphatic carbocycles. The lowest BCUT2D eigenvalue weighted by molar-refractivity contribution is -0.145. The van der Waals surface area contributed by atoms with Gasteiger partial charge in [0.25, 0.3) is 0 Å². The minimum absolute atomic E-state index is 0.114. The number of rotatable bonds is 4. The lowest BCUT2D eigenvalue weighted by Crippen LogP contribution is -2.49. The van der Waals surface area contributed by atoms with Crippen LogP contribution in [0.1, 0.15) is 20.8 Å². The maximum absolute atomic E-state index is 12.8. The van der Waals surface area contributed by atoms with Crippen molar-refractivity contribution < 1.29 is 22.3 Å². The molecule has 7 heteroatoms. The average molecular weight is 303 g/mol. The van der Waals surface area contributed by atoms with Gasteiger partial charge >= 0.3 is 5.97 Å². The molecule has 0 saturated heterocycles. The third-order valence-corrected chi connectivity index (χ3v) is 4.14. The zero-order valence-corrected chi connectivity index (χ0v) is 12.6. The number of benzene rings is 1. The fraction of sp³-hybridized carbons (Fsp3) is 0.462. The van der Waals surface area contributed by atoms with E-state index in [2.05, 4.69) is 9.46 Å². The van der Waals surface area contributed by atoms with E-state index in [0.717, 1.165) is 24.3 Å². The molecule has 0 spiro atoms. The van der Waals surface area contributed by atoms with E-state index in [1.165, 1.54) is 7.11 Å². The third-order valence-electron chi connectivity index (χ3n) is 2.70. The van der Waals surface area contributed by atoms with Gasteiger partial charge in [-0.3, -0.25) is 4.79 Å². The van der Waals surface area contributed by atoms with E-state index < -0.39 is 33.3 Å². The monoisotopic (exact) mass is 303 g/mol. The summed E-state index contributed by atoms with van der Waals surface area (Å²) in [7, 11) is -2.74. The molecule has 0 aromatic heterocycles. The molecular weight excluding hydrogens is 285 g/mol. The first-order valence-electron chi connectivity index (χ1n) is 5.93. The highest BCUT2D eigenvalue weighted by Gasteiger charge is 2.36. The van der Waals surface area contributed by atoms with Gasteiger partial charge in [0.1, 0.15) is 11.9 Å². The van der Waals surface area contributed by atoms with Crippen molar-refractivity contribution in [1.82, 2.24) is 4.72 Å². The van der Waals surface area contributed by atoms with Crippen molar-refractivity contribution >= 4 is 16.0 Å². The molecule has 1 unspecified atom stereocenters. The molecule has 5 nitrogen and oxygen atoms in total. The Balaban J connectivity index is 3.09. The van der Waals surface area contributed by atoms with Crippen LogP contribution in [0.4, 0.5) is 4.39 Å². The Kier molecular flexibility index (Phi) is 4.88. The van der Waals surface area contributed by atoms with Crippen LogP contribution in [0.5, 0.6) is 0 Å².